The number of nitrogens with two attached hydrogens (primary N) is 6. The fourth-order valence-electron chi connectivity index (χ4n) is 13.0. The normalized spacial score (nSPS) is 14.4. The van der Waals surface area contributed by atoms with E-state index in [1.807, 2.05) is 13.8 Å². The van der Waals surface area contributed by atoms with E-state index in [0.717, 1.165) is 6.92 Å². The van der Waals surface area contributed by atoms with Gasteiger partial charge < -0.3 is 135 Å². The number of amides is 16. The van der Waals surface area contributed by atoms with Crippen molar-refractivity contribution in [3.63, 3.8) is 0 Å². The van der Waals surface area contributed by atoms with E-state index in [1.54, 1.807) is 46.9 Å². The topological polar surface area (TPSA) is 767 Å². The van der Waals surface area contributed by atoms with Gasteiger partial charge in [0, 0.05) is 57.6 Å². The first kappa shape index (κ1) is 108. The maximum atomic E-state index is 15.0. The van der Waals surface area contributed by atoms with Gasteiger partial charge >= 0.3 is 0 Å². The molecule has 0 radical (unpaired) electrons. The Balaban J connectivity index is 2.02. The van der Waals surface area contributed by atoms with E-state index in [-0.39, 0.29) is 126 Å². The maximum Gasteiger partial charge on any atom is 0.245 e. The summed E-state index contributed by atoms with van der Waals surface area (Å²) in [6, 6.07) is -9.15. The van der Waals surface area contributed by atoms with Gasteiger partial charge in [-0.3, -0.25) is 92.9 Å². The molecule has 0 aliphatic rings. The quantitative estimate of drug-likeness (QED) is 0.0143. The van der Waals surface area contributed by atoms with Gasteiger partial charge in [-0.05, 0) is 137 Å². The molecule has 127 heavy (non-hydrogen) atoms. The van der Waals surface area contributed by atoms with Crippen LogP contribution < -0.4 is 119 Å². The van der Waals surface area contributed by atoms with Crippen LogP contribution >= 0.6 is 11.3 Å². The van der Waals surface area contributed by atoms with Gasteiger partial charge in [-0.25, -0.2) is 4.98 Å². The minimum atomic E-state index is -1.94. The van der Waals surface area contributed by atoms with Gasteiger partial charge in [0.05, 0.1) is 23.7 Å². The Hall–Kier alpha value is -13.0. The van der Waals surface area contributed by atoms with Crippen molar-refractivity contribution in [2.75, 3.05) is 19.6 Å². The number of aromatic nitrogens is 1. The molecule has 704 valence electrons. The molecule has 1 heterocycles. The SMILES string of the molecule is CC(=O)N[C@@H](CC(C)C)C(=O)N[C@@H](CCCNC(=N)N)C(=O)N[C@@H](Cc1cscn1)C(=O)N[C@@H](Cc1ccc(O)cc1)C(=O)N[C@@H](CC(C)C)C(=O)N[C@@H](CC(N)=O)C(=O)N[C@@H](CC(C)C)C(=O)N[C@@H](CC(C)C)C(=O)N[C@H](C(=O)N[C@@H](CCCNC(=N)N)C(=O)N[C@@H](CCC(N)=O)C(=O)N[C@@H](CCCNC(=N)N)C(=O)N[C@@H](Cc1ccc(O)cc1)C(N)=O)[C@@H](C)O. The summed E-state index contributed by atoms with van der Waals surface area (Å²) in [5.74, 6) is -18.5. The van der Waals surface area contributed by atoms with Crippen LogP contribution in [0.4, 0.5) is 0 Å². The van der Waals surface area contributed by atoms with Crippen LogP contribution in [-0.4, -0.2) is 237 Å². The molecular formula is C81H130N26O19S. The Morgan fingerprint density at radius 1 is 0.362 bits per heavy atom. The van der Waals surface area contributed by atoms with Crippen LogP contribution in [0.25, 0.3) is 0 Å². The highest BCUT2D eigenvalue weighted by Gasteiger charge is 2.40. The zero-order valence-corrected chi connectivity index (χ0v) is 74.1. The van der Waals surface area contributed by atoms with Gasteiger partial charge in [-0.1, -0.05) is 79.7 Å². The molecule has 0 aliphatic heterocycles. The number of carbonyl (C=O) groups excluding carboxylic acids is 16. The van der Waals surface area contributed by atoms with E-state index in [9.17, 15) is 92.0 Å². The molecule has 1 aromatic heterocycles. The predicted octanol–water partition coefficient (Wildman–Crippen LogP) is -5.11. The lowest BCUT2D eigenvalue weighted by molar-refractivity contribution is -0.138. The number of carbonyl (C=O) groups is 16. The van der Waals surface area contributed by atoms with E-state index in [1.165, 1.54) is 72.3 Å². The smallest absolute Gasteiger partial charge is 0.245 e. The van der Waals surface area contributed by atoms with Gasteiger partial charge in [0.2, 0.25) is 94.5 Å². The highest BCUT2D eigenvalue weighted by molar-refractivity contribution is 7.07. The monoisotopic (exact) mass is 1800 g/mol. The third-order valence-corrected chi connectivity index (χ3v) is 19.9. The number of aliphatic hydroxyl groups is 1. The number of rotatable bonds is 58. The molecule has 0 aliphatic carbocycles. The number of phenols is 2. The van der Waals surface area contributed by atoms with Crippen molar-refractivity contribution < 1.29 is 92.0 Å². The van der Waals surface area contributed by atoms with Crippen LogP contribution in [0.1, 0.15) is 170 Å². The summed E-state index contributed by atoms with van der Waals surface area (Å²) in [5.41, 5.74) is 36.0. The van der Waals surface area contributed by atoms with Crippen LogP contribution in [0.15, 0.2) is 59.4 Å². The molecule has 0 fully saturated rings. The molecule has 0 saturated heterocycles. The number of benzene rings is 2. The van der Waals surface area contributed by atoms with Gasteiger partial charge in [-0.2, -0.15) is 0 Å². The van der Waals surface area contributed by atoms with Crippen LogP contribution in [0.5, 0.6) is 11.5 Å². The van der Waals surface area contributed by atoms with Crippen molar-refractivity contribution in [1.29, 1.82) is 16.2 Å². The second-order valence-electron chi connectivity index (χ2n) is 32.6. The summed E-state index contributed by atoms with van der Waals surface area (Å²) < 4.78 is 0. The second-order valence-corrected chi connectivity index (χ2v) is 33.3. The molecule has 34 N–H and O–H groups in total. The summed E-state index contributed by atoms with van der Waals surface area (Å²) >= 11 is 1.18. The molecule has 46 heteroatoms. The minimum Gasteiger partial charge on any atom is -0.508 e. The molecule has 16 amide bonds. The van der Waals surface area contributed by atoms with Crippen molar-refractivity contribution in [3.8, 4) is 11.5 Å². The lowest BCUT2D eigenvalue weighted by atomic mass is 9.98. The lowest BCUT2D eigenvalue weighted by Gasteiger charge is -2.30. The number of nitrogens with one attached hydrogen (secondary N) is 19. The Morgan fingerprint density at radius 3 is 0.976 bits per heavy atom. The third kappa shape index (κ3) is 42.9. The second kappa shape index (κ2) is 55.3. The minimum absolute atomic E-state index is 0.0171. The number of aromatic hydroxyl groups is 2. The number of thiazole rings is 1. The molecule has 0 spiro atoms. The maximum absolute atomic E-state index is 15.0. The first-order valence-corrected chi connectivity index (χ1v) is 42.7. The summed E-state index contributed by atoms with van der Waals surface area (Å²) in [4.78, 5) is 229. The van der Waals surface area contributed by atoms with Gasteiger partial charge in [0.25, 0.3) is 0 Å². The average Bonchev–Trinajstić information content (AvgIpc) is 0.941. The van der Waals surface area contributed by atoms with E-state index >= 15 is 0 Å². The standard InChI is InChI=1S/C81H130N26O19S/c1-40(2)30-56(95-45(10)109)71(119)97-52(15-12-28-92-80(87)88)69(117)105-61(36-48-38-127-39-94-48)75(123)104-60(35-47-19-23-50(111)24-20-47)74(122)101-58(32-42(5)6)73(121)106-62(37-64(83)113)76(124)102-57(31-41(3)4)72(120)103-59(33-43(7)8)77(125)107-65(44(9)108)78(126)99-53(16-13-29-93-81(89)90)67(115)98-54(25-26-63(82)112)70(118)96-51(14-11-27-91-79(85)86)68(116)100-55(66(84)114)34-46-17-21-49(110)22-18-46/h17-24,38-44,51-62,65,108,110-111H,11-16,25-37H2,1-10H3,(H2,82,112)(H2,83,113)(H2,84,114)(H,95,109)(H,96,118)(H,97,119)(H,98,115)(H,99,126)(H,100,116)(H,101,122)(H,102,124)(H,103,120)(H,104,123)(H,105,117)(H,106,121)(H,107,125)(H4,85,86,91)(H4,87,88,92)(H4,89,90,93)/t44-,51+,52+,53+,54+,55+,56+,57+,58+,59+,60+,61+,62+,65+/m1/s1. The molecule has 0 saturated carbocycles. The Kier molecular flexibility index (Phi) is 47.1. The molecular weight excluding hydrogens is 1670 g/mol. The molecule has 2 aromatic carbocycles. The van der Waals surface area contributed by atoms with Crippen molar-refractivity contribution in [2.45, 2.75) is 257 Å². The zero-order valence-electron chi connectivity index (χ0n) is 73.3. The number of aliphatic hydroxyl groups excluding tert-OH is 1. The molecule has 0 bridgehead atoms. The molecule has 3 rings (SSSR count). The van der Waals surface area contributed by atoms with Gasteiger partial charge in [-0.15, -0.1) is 11.3 Å². The van der Waals surface area contributed by atoms with E-state index in [0.29, 0.717) is 16.8 Å². The number of nitrogens with zero attached hydrogens (tertiary/aromatic N) is 1. The highest BCUT2D eigenvalue weighted by atomic mass is 32.1. The Morgan fingerprint density at radius 2 is 0.654 bits per heavy atom. The van der Waals surface area contributed by atoms with E-state index < -0.39 is 228 Å². The number of guanidine groups is 3. The number of hydrogen-bond acceptors (Lipinski definition) is 24. The van der Waals surface area contributed by atoms with Crippen LogP contribution in [0.2, 0.25) is 0 Å². The fourth-order valence-corrected chi connectivity index (χ4v) is 13.6. The highest BCUT2D eigenvalue weighted by Crippen LogP contribution is 2.19. The number of primary amides is 3. The summed E-state index contributed by atoms with van der Waals surface area (Å²) in [6.07, 6.45) is -5.12. The number of phenolic OH excluding ortho intramolecular Hbond substituents is 2. The summed E-state index contributed by atoms with van der Waals surface area (Å²) in [6.45, 7) is 16.1. The fraction of sp³-hybridized carbons (Fsp3) is 0.580. The predicted molar refractivity (Wildman–Crippen MR) is 469 cm³/mol. The van der Waals surface area contributed by atoms with Crippen LogP contribution in [0, 0.1) is 39.9 Å². The third-order valence-electron chi connectivity index (χ3n) is 19.3. The van der Waals surface area contributed by atoms with Gasteiger partial charge in [0.15, 0.2) is 17.9 Å². The van der Waals surface area contributed by atoms with E-state index in [4.69, 9.17) is 50.6 Å². The molecule has 45 nitrogen and oxygen atoms in total. The molecule has 14 atom stereocenters. The van der Waals surface area contributed by atoms with E-state index in [2.05, 4.69) is 90.1 Å². The Labute approximate surface area is 740 Å². The summed E-state index contributed by atoms with van der Waals surface area (Å²) in [7, 11) is 0. The largest absolute Gasteiger partial charge is 0.508 e. The van der Waals surface area contributed by atoms with Crippen molar-refractivity contribution in [3.05, 3.63) is 76.2 Å². The van der Waals surface area contributed by atoms with Crippen molar-refractivity contribution >= 4 is 124 Å². The first-order chi connectivity index (χ1) is 59.6. The van der Waals surface area contributed by atoms with Gasteiger partial charge in [0.1, 0.15) is 90.0 Å². The first-order valence-electron chi connectivity index (χ1n) is 41.7. The van der Waals surface area contributed by atoms with Crippen molar-refractivity contribution in [1.82, 2.24) is 90.1 Å². The summed E-state index contributed by atoms with van der Waals surface area (Å²) in [5, 5.41) is 96.8. The van der Waals surface area contributed by atoms with Crippen LogP contribution in [-0.2, 0) is 96.0 Å². The van der Waals surface area contributed by atoms with Crippen molar-refractivity contribution in [2.24, 2.45) is 58.1 Å². The molecule has 3 aromatic rings. The number of hydrogen-bond donors (Lipinski definition) is 28. The van der Waals surface area contributed by atoms with Crippen LogP contribution in [0.3, 0.4) is 0 Å². The zero-order chi connectivity index (χ0) is 95.5. The lowest BCUT2D eigenvalue weighted by Crippen LogP contribution is -2.62. The average molecular weight is 1800 g/mol. The molecule has 0 unspecified atom stereocenters. The Bertz CT molecular complexity index is 4210.